The molecule has 0 unspecified atom stereocenters. The summed E-state index contributed by atoms with van der Waals surface area (Å²) in [5.74, 6) is 0.736. The molecule has 3 heterocycles. The van der Waals surface area contributed by atoms with Crippen molar-refractivity contribution in [3.8, 4) is 22.0 Å². The third-order valence-corrected chi connectivity index (χ3v) is 6.02. The first-order valence-corrected chi connectivity index (χ1v) is 11.3. The fourth-order valence-electron chi connectivity index (χ4n) is 3.58. The first kappa shape index (κ1) is 20.1. The summed E-state index contributed by atoms with van der Waals surface area (Å²) in [6.07, 6.45) is 2.19. The second kappa shape index (κ2) is 9.11. The molecule has 2 aromatic carbocycles. The average molecular weight is 440 g/mol. The van der Waals surface area contributed by atoms with Crippen LogP contribution in [-0.2, 0) is 11.2 Å². The van der Waals surface area contributed by atoms with Gasteiger partial charge in [-0.25, -0.2) is 0 Å². The number of aryl methyl sites for hydroxylation is 1. The van der Waals surface area contributed by atoms with Gasteiger partial charge in [0.15, 0.2) is 11.5 Å². The number of carbonyl (C=O) groups is 1. The van der Waals surface area contributed by atoms with Crippen LogP contribution in [0.4, 0.5) is 5.69 Å². The van der Waals surface area contributed by atoms with Crippen LogP contribution >= 0.6 is 11.3 Å². The molecule has 0 fully saturated rings. The van der Waals surface area contributed by atoms with Crippen molar-refractivity contribution in [3.63, 3.8) is 0 Å². The molecule has 0 spiro atoms. The van der Waals surface area contributed by atoms with E-state index in [1.54, 1.807) is 15.9 Å². The lowest BCUT2D eigenvalue weighted by atomic mass is 10.1. The molecule has 158 valence electrons. The number of anilines is 1. The maximum Gasteiger partial charge on any atom is 0.224 e. The third kappa shape index (κ3) is 4.43. The summed E-state index contributed by atoms with van der Waals surface area (Å²) >= 11 is 1.60. The summed E-state index contributed by atoms with van der Waals surface area (Å²) < 4.78 is 1.76. The Kier molecular flexibility index (Phi) is 5.72. The summed E-state index contributed by atoms with van der Waals surface area (Å²) in [5.41, 5.74) is 4.41. The van der Waals surface area contributed by atoms with Crippen molar-refractivity contribution < 1.29 is 4.79 Å². The highest BCUT2D eigenvalue weighted by Crippen LogP contribution is 2.25. The highest BCUT2D eigenvalue weighted by molar-refractivity contribution is 7.13. The molecule has 6 nitrogen and oxygen atoms in total. The van der Waals surface area contributed by atoms with Crippen LogP contribution in [-0.4, -0.2) is 25.7 Å². The zero-order chi connectivity index (χ0) is 21.8. The van der Waals surface area contributed by atoms with E-state index in [0.717, 1.165) is 40.5 Å². The van der Waals surface area contributed by atoms with Gasteiger partial charge < -0.3 is 5.32 Å². The van der Waals surface area contributed by atoms with Gasteiger partial charge in [-0.05, 0) is 54.1 Å². The minimum atomic E-state index is 0.0142. The normalized spacial score (nSPS) is 11.0. The van der Waals surface area contributed by atoms with Gasteiger partial charge in [-0.15, -0.1) is 21.5 Å². The highest BCUT2D eigenvalue weighted by atomic mass is 32.1. The van der Waals surface area contributed by atoms with E-state index in [2.05, 4.69) is 27.6 Å². The molecular formula is C25H21N5OS. The van der Waals surface area contributed by atoms with Crippen LogP contribution in [0.5, 0.6) is 0 Å². The van der Waals surface area contributed by atoms with Gasteiger partial charge in [-0.2, -0.15) is 9.61 Å². The highest BCUT2D eigenvalue weighted by Gasteiger charge is 2.12. The number of hydrogen-bond acceptors (Lipinski definition) is 5. The van der Waals surface area contributed by atoms with Crippen molar-refractivity contribution >= 4 is 28.6 Å². The molecule has 1 amide bonds. The number of benzene rings is 2. The zero-order valence-corrected chi connectivity index (χ0v) is 18.1. The number of hydrogen-bond donors (Lipinski definition) is 1. The number of rotatable bonds is 7. The minimum absolute atomic E-state index is 0.0142. The number of aromatic nitrogens is 4. The van der Waals surface area contributed by atoms with Crippen LogP contribution in [0.25, 0.3) is 27.6 Å². The number of carbonyl (C=O) groups excluding carboxylic acids is 1. The lowest BCUT2D eigenvalue weighted by Gasteiger charge is -2.08. The Labute approximate surface area is 189 Å². The molecule has 0 radical (unpaired) electrons. The standard InChI is InChI=1S/C25H21N5OS/c31-24(13-4-9-18-7-2-1-3-8-18)26-20-11-5-10-19(17-20)21-14-15-23-27-28-25(30(23)29-21)22-12-6-16-32-22/h1-3,5-8,10-12,14-17H,4,9,13H2,(H,26,31). The average Bonchev–Trinajstić information content (AvgIpc) is 3.49. The second-order valence-electron chi connectivity index (χ2n) is 7.46. The molecule has 0 aliphatic heterocycles. The predicted octanol–water partition coefficient (Wildman–Crippen LogP) is 5.48. The van der Waals surface area contributed by atoms with Crippen molar-refractivity contribution in [1.82, 2.24) is 19.8 Å². The van der Waals surface area contributed by atoms with Gasteiger partial charge in [-0.3, -0.25) is 4.79 Å². The van der Waals surface area contributed by atoms with E-state index in [1.807, 2.05) is 72.1 Å². The molecule has 0 saturated heterocycles. The second-order valence-corrected chi connectivity index (χ2v) is 8.41. The van der Waals surface area contributed by atoms with Gasteiger partial charge >= 0.3 is 0 Å². The molecule has 0 aliphatic rings. The Balaban J connectivity index is 1.30. The van der Waals surface area contributed by atoms with Gasteiger partial charge in [0.25, 0.3) is 0 Å². The number of fused-ring (bicyclic) bond motifs is 1. The van der Waals surface area contributed by atoms with E-state index in [1.165, 1.54) is 5.56 Å². The molecule has 0 aliphatic carbocycles. The fraction of sp³-hybridized carbons (Fsp3) is 0.120. The van der Waals surface area contributed by atoms with E-state index < -0.39 is 0 Å². The molecule has 5 aromatic rings. The van der Waals surface area contributed by atoms with E-state index in [4.69, 9.17) is 5.10 Å². The van der Waals surface area contributed by atoms with Crippen LogP contribution in [0.3, 0.4) is 0 Å². The zero-order valence-electron chi connectivity index (χ0n) is 17.3. The molecule has 0 saturated carbocycles. The summed E-state index contributed by atoms with van der Waals surface area (Å²) in [7, 11) is 0. The number of nitrogens with zero attached hydrogens (tertiary/aromatic N) is 4. The van der Waals surface area contributed by atoms with Crippen LogP contribution in [0.2, 0.25) is 0 Å². The SMILES string of the molecule is O=C(CCCc1ccccc1)Nc1cccc(-c2ccc3nnc(-c4cccs4)n3n2)c1. The third-order valence-electron chi connectivity index (χ3n) is 5.16. The molecule has 1 N–H and O–H groups in total. The quantitative estimate of drug-likeness (QED) is 0.364. The largest absolute Gasteiger partial charge is 0.326 e. The smallest absolute Gasteiger partial charge is 0.224 e. The van der Waals surface area contributed by atoms with E-state index in [9.17, 15) is 4.79 Å². The van der Waals surface area contributed by atoms with Gasteiger partial charge in [0, 0.05) is 17.7 Å². The van der Waals surface area contributed by atoms with E-state index >= 15 is 0 Å². The molecule has 32 heavy (non-hydrogen) atoms. The number of amides is 1. The Morgan fingerprint density at radius 3 is 2.69 bits per heavy atom. The maximum absolute atomic E-state index is 12.4. The first-order chi connectivity index (χ1) is 15.8. The van der Waals surface area contributed by atoms with Crippen molar-refractivity contribution in [2.75, 3.05) is 5.32 Å². The summed E-state index contributed by atoms with van der Waals surface area (Å²) in [4.78, 5) is 13.4. The van der Waals surface area contributed by atoms with E-state index in [-0.39, 0.29) is 5.91 Å². The van der Waals surface area contributed by atoms with Crippen molar-refractivity contribution in [2.24, 2.45) is 0 Å². The lowest BCUT2D eigenvalue weighted by Crippen LogP contribution is -2.11. The van der Waals surface area contributed by atoms with Gasteiger partial charge in [0.05, 0.1) is 10.6 Å². The Hall–Kier alpha value is -3.84. The maximum atomic E-state index is 12.4. The summed E-state index contributed by atoms with van der Waals surface area (Å²) in [6, 6.07) is 25.8. The first-order valence-electron chi connectivity index (χ1n) is 10.5. The molecule has 7 heteroatoms. The molecular weight excluding hydrogens is 418 g/mol. The van der Waals surface area contributed by atoms with Crippen molar-refractivity contribution in [1.29, 1.82) is 0 Å². The van der Waals surface area contributed by atoms with Crippen LogP contribution in [0.15, 0.2) is 84.2 Å². The van der Waals surface area contributed by atoms with Crippen LogP contribution in [0.1, 0.15) is 18.4 Å². The topological polar surface area (TPSA) is 72.2 Å². The predicted molar refractivity (Wildman–Crippen MR) is 128 cm³/mol. The summed E-state index contributed by atoms with van der Waals surface area (Å²) in [5, 5.41) is 18.3. The van der Waals surface area contributed by atoms with E-state index in [0.29, 0.717) is 12.1 Å². The fourth-order valence-corrected chi connectivity index (χ4v) is 4.27. The van der Waals surface area contributed by atoms with Gasteiger partial charge in [0.2, 0.25) is 5.91 Å². The van der Waals surface area contributed by atoms with Gasteiger partial charge in [0.1, 0.15) is 0 Å². The molecule has 0 atom stereocenters. The minimum Gasteiger partial charge on any atom is -0.326 e. The lowest BCUT2D eigenvalue weighted by molar-refractivity contribution is -0.116. The molecule has 3 aromatic heterocycles. The van der Waals surface area contributed by atoms with Crippen molar-refractivity contribution in [3.05, 3.63) is 89.8 Å². The summed E-state index contributed by atoms with van der Waals surface area (Å²) in [6.45, 7) is 0. The van der Waals surface area contributed by atoms with Crippen molar-refractivity contribution in [2.45, 2.75) is 19.3 Å². The molecule has 5 rings (SSSR count). The Morgan fingerprint density at radius 2 is 1.84 bits per heavy atom. The number of nitrogens with one attached hydrogen (secondary N) is 1. The Morgan fingerprint density at radius 1 is 0.938 bits per heavy atom. The van der Waals surface area contributed by atoms with Crippen LogP contribution < -0.4 is 5.32 Å². The number of thiophene rings is 1. The van der Waals surface area contributed by atoms with Gasteiger partial charge in [-0.1, -0.05) is 48.5 Å². The van der Waals surface area contributed by atoms with Crippen LogP contribution in [0, 0.1) is 0 Å². The Bertz CT molecular complexity index is 1350. The monoisotopic (exact) mass is 439 g/mol. The molecule has 0 bridgehead atoms.